The van der Waals surface area contributed by atoms with Gasteiger partial charge in [0.15, 0.2) is 11.6 Å². The highest BCUT2D eigenvalue weighted by Crippen LogP contribution is 2.47. The van der Waals surface area contributed by atoms with Crippen LogP contribution in [0.25, 0.3) is 5.57 Å². The maximum absolute atomic E-state index is 13.2. The van der Waals surface area contributed by atoms with E-state index < -0.39 is 16.3 Å². The summed E-state index contributed by atoms with van der Waals surface area (Å²) in [6, 6.07) is 5.65. The van der Waals surface area contributed by atoms with Gasteiger partial charge in [-0.3, -0.25) is 14.6 Å². The molecule has 4 nitrogen and oxygen atoms in total. The van der Waals surface area contributed by atoms with Gasteiger partial charge >= 0.3 is 0 Å². The van der Waals surface area contributed by atoms with Crippen LogP contribution in [0.1, 0.15) is 50.3 Å². The molecule has 0 aromatic heterocycles. The Morgan fingerprint density at radius 1 is 1.11 bits per heavy atom. The van der Waals surface area contributed by atoms with Crippen LogP contribution in [0.15, 0.2) is 41.1 Å². The predicted molar refractivity (Wildman–Crippen MR) is 113 cm³/mol. The Hall–Kier alpha value is -1.91. The van der Waals surface area contributed by atoms with Crippen molar-refractivity contribution in [3.8, 4) is 0 Å². The predicted octanol–water partition coefficient (Wildman–Crippen LogP) is 5.32. The number of hydrogen-bond donors (Lipinski definition) is 1. The van der Waals surface area contributed by atoms with Crippen LogP contribution in [0.2, 0.25) is 0 Å². The number of ketones is 2. The Morgan fingerprint density at radius 3 is 2.36 bits per heavy atom. The molecule has 1 aromatic rings. The number of alkyl halides is 1. The van der Waals surface area contributed by atoms with E-state index in [4.69, 9.17) is 23.2 Å². The first kappa shape index (κ1) is 20.8. The van der Waals surface area contributed by atoms with Crippen LogP contribution in [-0.2, 0) is 9.59 Å². The van der Waals surface area contributed by atoms with Crippen LogP contribution >= 0.6 is 23.2 Å². The molecule has 0 saturated carbocycles. The van der Waals surface area contributed by atoms with Gasteiger partial charge in [0.2, 0.25) is 0 Å². The SMILES string of the molecule is Cc1ccc(C2C=CC(Cl)=NC2Cl)cc1C1=C(O)C(C)(C)C(=O)C(C)(C)C1=O. The number of aryl methyl sites for hydroxylation is 1. The number of dihydropyridines is 1. The second-order valence-corrected chi connectivity index (χ2v) is 9.25. The molecule has 1 aromatic carbocycles. The largest absolute Gasteiger partial charge is 0.510 e. The van der Waals surface area contributed by atoms with E-state index in [9.17, 15) is 14.7 Å². The van der Waals surface area contributed by atoms with E-state index in [1.165, 1.54) is 0 Å². The summed E-state index contributed by atoms with van der Waals surface area (Å²) in [4.78, 5) is 30.1. The summed E-state index contributed by atoms with van der Waals surface area (Å²) in [7, 11) is 0. The number of carbonyl (C=O) groups excluding carboxylic acids is 2. The fourth-order valence-corrected chi connectivity index (χ4v) is 4.44. The number of allylic oxidation sites excluding steroid dienone is 3. The van der Waals surface area contributed by atoms with Crippen molar-refractivity contribution in [2.24, 2.45) is 15.8 Å². The summed E-state index contributed by atoms with van der Waals surface area (Å²) in [6.07, 6.45) is 3.56. The normalized spacial score (nSPS) is 26.5. The van der Waals surface area contributed by atoms with Gasteiger partial charge in [0.1, 0.15) is 16.4 Å². The molecular formula is C22H23Cl2NO3. The first-order valence-electron chi connectivity index (χ1n) is 9.09. The van der Waals surface area contributed by atoms with Crippen LogP contribution in [0.4, 0.5) is 0 Å². The topological polar surface area (TPSA) is 66.7 Å². The van der Waals surface area contributed by atoms with E-state index in [1.54, 1.807) is 33.8 Å². The lowest BCUT2D eigenvalue weighted by molar-refractivity contribution is -0.143. The summed E-state index contributed by atoms with van der Waals surface area (Å²) >= 11 is 12.3. The van der Waals surface area contributed by atoms with Crippen LogP contribution < -0.4 is 0 Å². The van der Waals surface area contributed by atoms with Gasteiger partial charge in [-0.15, -0.1) is 0 Å². The van der Waals surface area contributed by atoms with Crippen molar-refractivity contribution in [3.05, 3.63) is 52.8 Å². The quantitative estimate of drug-likeness (QED) is 0.400. The number of aliphatic imine (C=N–C) groups is 1. The third-order valence-electron chi connectivity index (χ3n) is 5.66. The van der Waals surface area contributed by atoms with Crippen LogP contribution in [0.3, 0.4) is 0 Å². The third kappa shape index (κ3) is 3.13. The van der Waals surface area contributed by atoms with E-state index in [0.29, 0.717) is 10.7 Å². The number of rotatable bonds is 2. The summed E-state index contributed by atoms with van der Waals surface area (Å²) in [5, 5.41) is 11.2. The molecule has 0 bridgehead atoms. The van der Waals surface area contributed by atoms with Crippen molar-refractivity contribution in [3.63, 3.8) is 0 Å². The highest BCUT2D eigenvalue weighted by Gasteiger charge is 2.53. The van der Waals surface area contributed by atoms with Gasteiger partial charge in [-0.1, -0.05) is 41.4 Å². The van der Waals surface area contributed by atoms with Gasteiger partial charge in [-0.05, 0) is 63.5 Å². The van der Waals surface area contributed by atoms with Crippen molar-refractivity contribution in [2.75, 3.05) is 0 Å². The number of halogens is 2. The molecule has 1 N–H and O–H groups in total. The summed E-state index contributed by atoms with van der Waals surface area (Å²) in [5.74, 6) is -1.07. The van der Waals surface area contributed by atoms with Gasteiger partial charge in [-0.2, -0.15) is 0 Å². The third-order valence-corrected chi connectivity index (χ3v) is 6.25. The zero-order chi connectivity index (χ0) is 21.0. The molecule has 148 valence electrons. The molecule has 0 radical (unpaired) electrons. The van der Waals surface area contributed by atoms with Crippen molar-refractivity contribution in [1.82, 2.24) is 0 Å². The maximum atomic E-state index is 13.2. The zero-order valence-electron chi connectivity index (χ0n) is 16.5. The first-order valence-corrected chi connectivity index (χ1v) is 9.90. The molecule has 0 fully saturated rings. The molecule has 2 aliphatic rings. The Bertz CT molecular complexity index is 970. The molecule has 1 heterocycles. The number of aliphatic hydroxyl groups excluding tert-OH is 1. The minimum absolute atomic E-state index is 0.190. The van der Waals surface area contributed by atoms with E-state index >= 15 is 0 Å². The van der Waals surface area contributed by atoms with Crippen molar-refractivity contribution in [1.29, 1.82) is 0 Å². The lowest BCUT2D eigenvalue weighted by atomic mass is 9.62. The Kier molecular flexibility index (Phi) is 5.10. The molecule has 1 aliphatic heterocycles. The Labute approximate surface area is 174 Å². The smallest absolute Gasteiger partial charge is 0.179 e. The minimum atomic E-state index is -1.22. The minimum Gasteiger partial charge on any atom is -0.510 e. The van der Waals surface area contributed by atoms with E-state index in [0.717, 1.165) is 11.1 Å². The molecule has 2 atom stereocenters. The molecule has 28 heavy (non-hydrogen) atoms. The number of hydrogen-bond acceptors (Lipinski definition) is 4. The van der Waals surface area contributed by atoms with Gasteiger partial charge < -0.3 is 5.11 Å². The molecule has 0 saturated heterocycles. The lowest BCUT2D eigenvalue weighted by Crippen LogP contribution is -2.48. The monoisotopic (exact) mass is 419 g/mol. The number of carbonyl (C=O) groups is 2. The average Bonchev–Trinajstić information content (AvgIpc) is 2.61. The van der Waals surface area contributed by atoms with Gasteiger partial charge in [0.05, 0.1) is 16.4 Å². The fraction of sp³-hybridized carbons (Fsp3) is 0.409. The number of nitrogens with zero attached hydrogens (tertiary/aromatic N) is 1. The molecule has 3 rings (SSSR count). The van der Waals surface area contributed by atoms with Gasteiger partial charge in [0.25, 0.3) is 0 Å². The Balaban J connectivity index is 2.19. The molecule has 1 aliphatic carbocycles. The highest BCUT2D eigenvalue weighted by atomic mass is 35.5. The van der Waals surface area contributed by atoms with Crippen LogP contribution in [0.5, 0.6) is 0 Å². The Morgan fingerprint density at radius 2 is 1.75 bits per heavy atom. The molecule has 2 unspecified atom stereocenters. The number of benzene rings is 1. The summed E-state index contributed by atoms with van der Waals surface area (Å²) < 4.78 is 0. The molecule has 0 spiro atoms. The molecule has 0 amide bonds. The average molecular weight is 420 g/mol. The van der Waals surface area contributed by atoms with Crippen molar-refractivity contribution >= 4 is 45.5 Å². The van der Waals surface area contributed by atoms with Crippen molar-refractivity contribution < 1.29 is 14.7 Å². The van der Waals surface area contributed by atoms with Crippen LogP contribution in [-0.4, -0.2) is 27.3 Å². The fourth-order valence-electron chi connectivity index (χ4n) is 3.88. The highest BCUT2D eigenvalue weighted by molar-refractivity contribution is 6.68. The first-order chi connectivity index (χ1) is 12.9. The molecule has 6 heteroatoms. The standard InChI is InChI=1S/C22H23Cl2NO3/c1-11-6-7-12(13-8-9-15(23)25-19(13)24)10-14(11)16-17(26)21(2,3)20(28)22(4,5)18(16)27/h6-10,13,19,26H,1-5H3. The summed E-state index contributed by atoms with van der Waals surface area (Å²) in [6.45, 7) is 8.38. The van der Waals surface area contributed by atoms with E-state index in [1.807, 2.05) is 31.2 Å². The van der Waals surface area contributed by atoms with Crippen LogP contribution in [0, 0.1) is 17.8 Å². The second-order valence-electron chi connectivity index (χ2n) is 8.42. The number of Topliss-reactive ketones (excluding diaryl/α,β-unsaturated/α-hetero) is 2. The van der Waals surface area contributed by atoms with Crippen molar-refractivity contribution in [2.45, 2.75) is 46.0 Å². The second kappa shape index (κ2) is 6.85. The van der Waals surface area contributed by atoms with E-state index in [2.05, 4.69) is 4.99 Å². The maximum Gasteiger partial charge on any atom is 0.179 e. The van der Waals surface area contributed by atoms with Gasteiger partial charge in [0, 0.05) is 5.92 Å². The zero-order valence-corrected chi connectivity index (χ0v) is 18.0. The molecular weight excluding hydrogens is 397 g/mol. The lowest BCUT2D eigenvalue weighted by Gasteiger charge is -2.38. The summed E-state index contributed by atoms with van der Waals surface area (Å²) in [5.41, 5.74) is -0.449. The van der Waals surface area contributed by atoms with E-state index in [-0.39, 0.29) is 28.8 Å². The number of aliphatic hydroxyl groups is 1. The van der Waals surface area contributed by atoms with Gasteiger partial charge in [-0.25, -0.2) is 0 Å².